The van der Waals surface area contributed by atoms with E-state index in [4.69, 9.17) is 4.98 Å². The van der Waals surface area contributed by atoms with Gasteiger partial charge in [0.2, 0.25) is 5.91 Å². The molecule has 29 heavy (non-hydrogen) atoms. The number of anilines is 1. The SMILES string of the molecule is Cc1cc(C)cc(-c2nc(NC(=O)Cc3ccccc3)sc2-c2ccncc2)c1. The minimum atomic E-state index is -0.0711. The Morgan fingerprint density at radius 2 is 1.62 bits per heavy atom. The number of hydrogen-bond acceptors (Lipinski definition) is 4. The Bertz CT molecular complexity index is 1120. The van der Waals surface area contributed by atoms with E-state index in [1.165, 1.54) is 22.5 Å². The molecule has 2 heterocycles. The summed E-state index contributed by atoms with van der Waals surface area (Å²) in [6, 6.07) is 20.0. The normalized spacial score (nSPS) is 10.7. The Morgan fingerprint density at radius 1 is 0.931 bits per heavy atom. The molecule has 1 amide bonds. The van der Waals surface area contributed by atoms with Crippen LogP contribution < -0.4 is 5.32 Å². The van der Waals surface area contributed by atoms with Gasteiger partial charge >= 0.3 is 0 Å². The zero-order chi connectivity index (χ0) is 20.2. The van der Waals surface area contributed by atoms with Gasteiger partial charge in [0.15, 0.2) is 5.13 Å². The number of nitrogens with zero attached hydrogens (tertiary/aromatic N) is 2. The van der Waals surface area contributed by atoms with Gasteiger partial charge < -0.3 is 5.32 Å². The van der Waals surface area contributed by atoms with Crippen LogP contribution in [-0.2, 0) is 11.2 Å². The molecule has 0 aliphatic heterocycles. The maximum Gasteiger partial charge on any atom is 0.230 e. The predicted octanol–water partition coefficient (Wildman–Crippen LogP) is 5.67. The minimum Gasteiger partial charge on any atom is -0.302 e. The first kappa shape index (κ1) is 19.0. The van der Waals surface area contributed by atoms with Gasteiger partial charge in [-0.05, 0) is 49.2 Å². The lowest BCUT2D eigenvalue weighted by atomic mass is 10.0. The van der Waals surface area contributed by atoms with Crippen molar-refractivity contribution >= 4 is 22.4 Å². The van der Waals surface area contributed by atoms with Gasteiger partial charge in [-0.3, -0.25) is 9.78 Å². The van der Waals surface area contributed by atoms with Gasteiger partial charge in [0.25, 0.3) is 0 Å². The monoisotopic (exact) mass is 399 g/mol. The second-order valence-electron chi connectivity index (χ2n) is 7.02. The molecule has 0 spiro atoms. The number of rotatable bonds is 5. The molecule has 1 N–H and O–H groups in total. The van der Waals surface area contributed by atoms with Gasteiger partial charge in [0, 0.05) is 18.0 Å². The van der Waals surface area contributed by atoms with Gasteiger partial charge in [0.1, 0.15) is 0 Å². The van der Waals surface area contributed by atoms with Gasteiger partial charge in [-0.2, -0.15) is 0 Å². The van der Waals surface area contributed by atoms with Crippen molar-refractivity contribution in [1.29, 1.82) is 0 Å². The van der Waals surface area contributed by atoms with Crippen LogP contribution in [0.1, 0.15) is 16.7 Å². The van der Waals surface area contributed by atoms with Gasteiger partial charge in [-0.25, -0.2) is 4.98 Å². The number of thiazole rings is 1. The number of pyridine rings is 1. The maximum absolute atomic E-state index is 12.5. The molecule has 0 atom stereocenters. The largest absolute Gasteiger partial charge is 0.302 e. The van der Waals surface area contributed by atoms with Gasteiger partial charge in [0.05, 0.1) is 17.0 Å². The van der Waals surface area contributed by atoms with Crippen LogP contribution in [0.5, 0.6) is 0 Å². The third-order valence-electron chi connectivity index (χ3n) is 4.52. The maximum atomic E-state index is 12.5. The van der Waals surface area contributed by atoms with Crippen molar-refractivity contribution in [2.24, 2.45) is 0 Å². The molecular formula is C24H21N3OS. The summed E-state index contributed by atoms with van der Waals surface area (Å²) in [6.45, 7) is 4.16. The summed E-state index contributed by atoms with van der Waals surface area (Å²) in [5.74, 6) is -0.0711. The molecule has 0 aliphatic rings. The van der Waals surface area contributed by atoms with Crippen molar-refractivity contribution in [2.75, 3.05) is 5.32 Å². The quantitative estimate of drug-likeness (QED) is 0.470. The zero-order valence-electron chi connectivity index (χ0n) is 16.3. The number of nitrogens with one attached hydrogen (secondary N) is 1. The number of aryl methyl sites for hydroxylation is 2. The number of hydrogen-bond donors (Lipinski definition) is 1. The van der Waals surface area contributed by atoms with Crippen LogP contribution in [0.4, 0.5) is 5.13 Å². The summed E-state index contributed by atoms with van der Waals surface area (Å²) < 4.78 is 0. The molecule has 0 unspecified atom stereocenters. The number of aromatic nitrogens is 2. The molecule has 2 aromatic heterocycles. The molecule has 4 rings (SSSR count). The fraction of sp³-hybridized carbons (Fsp3) is 0.125. The first-order valence-electron chi connectivity index (χ1n) is 9.42. The lowest BCUT2D eigenvalue weighted by Crippen LogP contribution is -2.14. The van der Waals surface area contributed by atoms with Crippen LogP contribution in [0.25, 0.3) is 21.7 Å². The average molecular weight is 400 g/mol. The highest BCUT2D eigenvalue weighted by Gasteiger charge is 2.17. The topological polar surface area (TPSA) is 54.9 Å². The first-order chi connectivity index (χ1) is 14.1. The summed E-state index contributed by atoms with van der Waals surface area (Å²) in [5, 5.41) is 3.58. The highest BCUT2D eigenvalue weighted by molar-refractivity contribution is 7.19. The standard InChI is InChI=1S/C24H21N3OS/c1-16-12-17(2)14-20(13-16)22-23(19-8-10-25-11-9-19)29-24(27-22)26-21(28)15-18-6-4-3-5-7-18/h3-14H,15H2,1-2H3,(H,26,27,28). The van der Waals surface area contributed by atoms with Crippen LogP contribution in [0, 0.1) is 13.8 Å². The molecule has 2 aromatic carbocycles. The van der Waals surface area contributed by atoms with Gasteiger partial charge in [-0.1, -0.05) is 58.9 Å². The van der Waals surface area contributed by atoms with E-state index in [-0.39, 0.29) is 5.91 Å². The van der Waals surface area contributed by atoms with E-state index in [9.17, 15) is 4.79 Å². The van der Waals surface area contributed by atoms with Crippen molar-refractivity contribution in [3.63, 3.8) is 0 Å². The van der Waals surface area contributed by atoms with E-state index >= 15 is 0 Å². The predicted molar refractivity (Wildman–Crippen MR) is 119 cm³/mol. The molecule has 4 aromatic rings. The summed E-state index contributed by atoms with van der Waals surface area (Å²) in [4.78, 5) is 22.5. The zero-order valence-corrected chi connectivity index (χ0v) is 17.2. The van der Waals surface area contributed by atoms with Crippen LogP contribution >= 0.6 is 11.3 Å². The molecule has 0 bridgehead atoms. The second-order valence-corrected chi connectivity index (χ2v) is 8.02. The van der Waals surface area contributed by atoms with Crippen LogP contribution in [0.3, 0.4) is 0 Å². The number of benzene rings is 2. The fourth-order valence-electron chi connectivity index (χ4n) is 3.32. The Morgan fingerprint density at radius 3 is 2.31 bits per heavy atom. The summed E-state index contributed by atoms with van der Waals surface area (Å²) in [7, 11) is 0. The van der Waals surface area contributed by atoms with Crippen molar-refractivity contribution in [3.05, 3.63) is 89.7 Å². The molecule has 0 saturated carbocycles. The number of carbonyl (C=O) groups is 1. The van der Waals surface area contributed by atoms with E-state index in [0.717, 1.165) is 27.3 Å². The highest BCUT2D eigenvalue weighted by atomic mass is 32.1. The lowest BCUT2D eigenvalue weighted by molar-refractivity contribution is -0.115. The molecular weight excluding hydrogens is 378 g/mol. The second kappa shape index (κ2) is 8.37. The molecule has 144 valence electrons. The molecule has 0 aliphatic carbocycles. The van der Waals surface area contributed by atoms with Crippen LogP contribution in [-0.4, -0.2) is 15.9 Å². The molecule has 4 nitrogen and oxygen atoms in total. The highest BCUT2D eigenvalue weighted by Crippen LogP contribution is 2.39. The smallest absolute Gasteiger partial charge is 0.230 e. The Hall–Kier alpha value is -3.31. The lowest BCUT2D eigenvalue weighted by Gasteiger charge is -2.05. The van der Waals surface area contributed by atoms with E-state index in [1.54, 1.807) is 12.4 Å². The molecule has 5 heteroatoms. The van der Waals surface area contributed by atoms with E-state index in [1.807, 2.05) is 42.5 Å². The van der Waals surface area contributed by atoms with Crippen LogP contribution in [0.2, 0.25) is 0 Å². The molecule has 0 fully saturated rings. The van der Waals surface area contributed by atoms with Gasteiger partial charge in [-0.15, -0.1) is 0 Å². The summed E-state index contributed by atoms with van der Waals surface area (Å²) >= 11 is 1.49. The van der Waals surface area contributed by atoms with E-state index in [0.29, 0.717) is 11.6 Å². The number of carbonyl (C=O) groups excluding carboxylic acids is 1. The molecule has 0 saturated heterocycles. The Labute approximate surface area is 174 Å². The van der Waals surface area contributed by atoms with E-state index < -0.39 is 0 Å². The van der Waals surface area contributed by atoms with Crippen LogP contribution in [0.15, 0.2) is 73.1 Å². The number of amides is 1. The van der Waals surface area contributed by atoms with Crippen molar-refractivity contribution < 1.29 is 4.79 Å². The molecule has 0 radical (unpaired) electrons. The third-order valence-corrected chi connectivity index (χ3v) is 5.54. The summed E-state index contributed by atoms with van der Waals surface area (Å²) in [5.41, 5.74) is 6.31. The average Bonchev–Trinajstić information content (AvgIpc) is 3.12. The minimum absolute atomic E-state index is 0.0711. The Kier molecular flexibility index (Phi) is 5.49. The summed E-state index contributed by atoms with van der Waals surface area (Å²) in [6.07, 6.45) is 3.87. The van der Waals surface area contributed by atoms with Crippen molar-refractivity contribution in [1.82, 2.24) is 9.97 Å². The van der Waals surface area contributed by atoms with E-state index in [2.05, 4.69) is 42.3 Å². The Balaban J connectivity index is 1.69. The third kappa shape index (κ3) is 4.58. The van der Waals surface area contributed by atoms with Crippen molar-refractivity contribution in [2.45, 2.75) is 20.3 Å². The first-order valence-corrected chi connectivity index (χ1v) is 10.2. The fourth-order valence-corrected chi connectivity index (χ4v) is 4.33. The van der Waals surface area contributed by atoms with Crippen molar-refractivity contribution in [3.8, 4) is 21.7 Å².